The molecule has 0 bridgehead atoms. The Hall–Kier alpha value is -3.29. The molecule has 0 atom stereocenters. The third kappa shape index (κ3) is 4.28. The molecule has 1 fully saturated rings. The van der Waals surface area contributed by atoms with E-state index in [0.29, 0.717) is 21.6 Å². The second-order valence-electron chi connectivity index (χ2n) is 6.95. The van der Waals surface area contributed by atoms with Crippen LogP contribution in [0.3, 0.4) is 0 Å². The lowest BCUT2D eigenvalue weighted by molar-refractivity contribution is -0.115. The number of nitrogens with one attached hydrogen (secondary N) is 1. The van der Waals surface area contributed by atoms with Gasteiger partial charge in [0.25, 0.3) is 5.91 Å². The Morgan fingerprint density at radius 1 is 1.00 bits per heavy atom. The number of rotatable bonds is 5. The predicted molar refractivity (Wildman–Crippen MR) is 125 cm³/mol. The van der Waals surface area contributed by atoms with E-state index in [-0.39, 0.29) is 12.7 Å². The number of thiocarbonyl (C=S) groups is 1. The molecule has 0 aliphatic carbocycles. The van der Waals surface area contributed by atoms with Crippen LogP contribution in [0.25, 0.3) is 17.2 Å². The summed E-state index contributed by atoms with van der Waals surface area (Å²) in [5.74, 6) is 1.95. The number of amides is 1. The zero-order valence-electron chi connectivity index (χ0n) is 16.3. The number of hydrogen-bond donors (Lipinski definition) is 1. The van der Waals surface area contributed by atoms with Crippen molar-refractivity contribution >= 4 is 40.3 Å². The van der Waals surface area contributed by atoms with Gasteiger partial charge in [0.2, 0.25) is 6.79 Å². The molecule has 3 aromatic rings. The van der Waals surface area contributed by atoms with Crippen LogP contribution in [-0.4, -0.2) is 17.0 Å². The van der Waals surface area contributed by atoms with Crippen LogP contribution in [0, 0.1) is 0 Å². The Bertz CT molecular complexity index is 1210. The number of thioether (sulfide) groups is 1. The molecule has 154 valence electrons. The molecule has 5 nitrogen and oxygen atoms in total. The van der Waals surface area contributed by atoms with Crippen LogP contribution in [0.4, 0.5) is 0 Å². The lowest BCUT2D eigenvalue weighted by Crippen LogP contribution is -2.17. The lowest BCUT2D eigenvalue weighted by Gasteiger charge is -2.12. The molecule has 31 heavy (non-hydrogen) atoms. The average Bonchev–Trinajstić information content (AvgIpc) is 3.38. The molecule has 1 saturated heterocycles. The second-order valence-corrected chi connectivity index (χ2v) is 8.67. The normalized spacial score (nSPS) is 15.9. The van der Waals surface area contributed by atoms with Gasteiger partial charge in [0.1, 0.15) is 16.7 Å². The van der Waals surface area contributed by atoms with Gasteiger partial charge in [0.15, 0.2) is 11.5 Å². The molecule has 0 unspecified atom stereocenters. The minimum absolute atomic E-state index is 0.197. The van der Waals surface area contributed by atoms with E-state index >= 15 is 0 Å². The summed E-state index contributed by atoms with van der Waals surface area (Å²) in [6.45, 7) is 0.660. The molecule has 2 heterocycles. The van der Waals surface area contributed by atoms with E-state index in [1.54, 1.807) is 0 Å². The monoisotopic (exact) mass is 447 g/mol. The summed E-state index contributed by atoms with van der Waals surface area (Å²) < 4.78 is 17.5. The number of carbonyl (C=O) groups excluding carboxylic acids is 1. The van der Waals surface area contributed by atoms with Gasteiger partial charge < -0.3 is 19.5 Å². The summed E-state index contributed by atoms with van der Waals surface area (Å²) in [6.07, 6.45) is 1.82. The average molecular weight is 448 g/mol. The molecule has 3 aromatic carbocycles. The minimum atomic E-state index is -0.197. The van der Waals surface area contributed by atoms with Gasteiger partial charge in [0, 0.05) is 5.56 Å². The van der Waals surface area contributed by atoms with Crippen molar-refractivity contribution in [3.8, 4) is 28.4 Å². The first-order valence-corrected chi connectivity index (χ1v) is 10.8. The van der Waals surface area contributed by atoms with E-state index in [2.05, 4.69) is 5.32 Å². The van der Waals surface area contributed by atoms with Crippen LogP contribution in [0.2, 0.25) is 0 Å². The molecular formula is C24H17NO4S2. The molecule has 2 aliphatic heterocycles. The summed E-state index contributed by atoms with van der Waals surface area (Å²) in [6, 6.07) is 21.7. The van der Waals surface area contributed by atoms with Gasteiger partial charge >= 0.3 is 0 Å². The largest absolute Gasteiger partial charge is 0.488 e. The Labute approximate surface area is 189 Å². The highest BCUT2D eigenvalue weighted by molar-refractivity contribution is 8.26. The fourth-order valence-corrected chi connectivity index (χ4v) is 4.38. The van der Waals surface area contributed by atoms with Crippen LogP contribution in [-0.2, 0) is 11.4 Å². The highest BCUT2D eigenvalue weighted by atomic mass is 32.2. The summed E-state index contributed by atoms with van der Waals surface area (Å²) in [4.78, 5) is 12.7. The van der Waals surface area contributed by atoms with Crippen LogP contribution in [0.1, 0.15) is 11.1 Å². The summed E-state index contributed by atoms with van der Waals surface area (Å²) >= 11 is 6.37. The first-order valence-electron chi connectivity index (χ1n) is 9.61. The van der Waals surface area contributed by atoms with E-state index in [9.17, 15) is 4.79 Å². The Kier molecular flexibility index (Phi) is 5.36. The van der Waals surface area contributed by atoms with E-state index in [1.807, 2.05) is 72.8 Å². The van der Waals surface area contributed by atoms with Crippen molar-refractivity contribution in [2.24, 2.45) is 0 Å². The third-order valence-corrected chi connectivity index (χ3v) is 6.04. The number of carbonyl (C=O) groups is 1. The fourth-order valence-electron chi connectivity index (χ4n) is 3.35. The van der Waals surface area contributed by atoms with Crippen LogP contribution in [0.15, 0.2) is 71.6 Å². The van der Waals surface area contributed by atoms with Gasteiger partial charge in [-0.2, -0.15) is 0 Å². The van der Waals surface area contributed by atoms with Gasteiger partial charge in [0.05, 0.1) is 4.91 Å². The topological polar surface area (TPSA) is 56.8 Å². The summed E-state index contributed by atoms with van der Waals surface area (Å²) in [5, 5.41) is 2.65. The van der Waals surface area contributed by atoms with E-state index in [4.69, 9.17) is 26.4 Å². The van der Waals surface area contributed by atoms with Crippen LogP contribution in [0.5, 0.6) is 17.2 Å². The van der Waals surface area contributed by atoms with Crippen molar-refractivity contribution in [2.45, 2.75) is 6.61 Å². The molecule has 2 aliphatic rings. The first-order chi connectivity index (χ1) is 15.2. The lowest BCUT2D eigenvalue weighted by atomic mass is 10.0. The molecule has 0 radical (unpaired) electrons. The molecule has 1 N–H and O–H groups in total. The van der Waals surface area contributed by atoms with Crippen LogP contribution < -0.4 is 19.5 Å². The minimum Gasteiger partial charge on any atom is -0.488 e. The highest BCUT2D eigenvalue weighted by Crippen LogP contribution is 2.38. The van der Waals surface area contributed by atoms with Gasteiger partial charge in [-0.05, 0) is 47.0 Å². The van der Waals surface area contributed by atoms with Crippen molar-refractivity contribution in [2.75, 3.05) is 6.79 Å². The zero-order valence-corrected chi connectivity index (χ0v) is 17.9. The highest BCUT2D eigenvalue weighted by Gasteiger charge is 2.23. The smallest absolute Gasteiger partial charge is 0.263 e. The van der Waals surface area contributed by atoms with Crippen molar-refractivity contribution in [3.63, 3.8) is 0 Å². The maximum absolute atomic E-state index is 12.2. The van der Waals surface area contributed by atoms with E-state index in [0.717, 1.165) is 33.8 Å². The standard InChI is InChI=1S/C24H17NO4S2/c26-23-22(31-24(30)25-23)12-18-10-16(17-7-9-20-21(11-17)29-14-28-20)6-8-19(18)27-13-15-4-2-1-3-5-15/h1-12H,13-14H2,(H,25,26,30)/b22-12+. The maximum Gasteiger partial charge on any atom is 0.263 e. The van der Waals surface area contributed by atoms with E-state index in [1.165, 1.54) is 11.8 Å². The quantitative estimate of drug-likeness (QED) is 0.431. The van der Waals surface area contributed by atoms with Gasteiger partial charge in [-0.3, -0.25) is 4.79 Å². The predicted octanol–water partition coefficient (Wildman–Crippen LogP) is 5.15. The molecule has 1 amide bonds. The van der Waals surface area contributed by atoms with Crippen LogP contribution >= 0.6 is 24.0 Å². The molecule has 7 heteroatoms. The van der Waals surface area contributed by atoms with Gasteiger partial charge in [-0.25, -0.2) is 0 Å². The van der Waals surface area contributed by atoms with Gasteiger partial charge in [-0.15, -0.1) is 0 Å². The van der Waals surface area contributed by atoms with Crippen molar-refractivity contribution in [3.05, 3.63) is 82.8 Å². The zero-order chi connectivity index (χ0) is 21.2. The molecular weight excluding hydrogens is 430 g/mol. The first kappa shape index (κ1) is 19.7. The second kappa shape index (κ2) is 8.45. The third-order valence-electron chi connectivity index (χ3n) is 4.88. The SMILES string of the molecule is O=C1NC(=S)S/C1=C/c1cc(-c2ccc3c(c2)OCO3)ccc1OCc1ccccc1. The Balaban J connectivity index is 1.50. The number of fused-ring (bicyclic) bond motifs is 1. The van der Waals surface area contributed by atoms with Crippen molar-refractivity contribution < 1.29 is 19.0 Å². The maximum atomic E-state index is 12.2. The number of benzene rings is 3. The molecule has 0 spiro atoms. The van der Waals surface area contributed by atoms with Crippen molar-refractivity contribution in [1.29, 1.82) is 0 Å². The Morgan fingerprint density at radius 3 is 2.58 bits per heavy atom. The van der Waals surface area contributed by atoms with Crippen molar-refractivity contribution in [1.82, 2.24) is 5.32 Å². The molecule has 5 rings (SSSR count). The molecule has 0 saturated carbocycles. The summed E-state index contributed by atoms with van der Waals surface area (Å²) in [7, 11) is 0. The fraction of sp³-hybridized carbons (Fsp3) is 0.0833. The number of ether oxygens (including phenoxy) is 3. The summed E-state index contributed by atoms with van der Waals surface area (Å²) in [5.41, 5.74) is 3.82. The molecule has 0 aromatic heterocycles. The number of hydrogen-bond acceptors (Lipinski definition) is 6. The van der Waals surface area contributed by atoms with E-state index < -0.39 is 0 Å². The Morgan fingerprint density at radius 2 is 1.77 bits per heavy atom. The van der Waals surface area contributed by atoms with Gasteiger partial charge in [-0.1, -0.05) is 66.4 Å².